The lowest BCUT2D eigenvalue weighted by atomic mass is 10.1. The number of aliphatic hydroxyl groups is 1. The number of carbonyl (C=O) groups is 1. The van der Waals surface area contributed by atoms with Crippen LogP contribution in [-0.4, -0.2) is 41.6 Å². The lowest BCUT2D eigenvalue weighted by molar-refractivity contribution is -0.117. The maximum absolute atomic E-state index is 12.1. The number of anilines is 1. The zero-order valence-electron chi connectivity index (χ0n) is 11.9. The highest BCUT2D eigenvalue weighted by molar-refractivity contribution is 5.93. The summed E-state index contributed by atoms with van der Waals surface area (Å²) >= 11 is 0. The quantitative estimate of drug-likeness (QED) is 0.770. The van der Waals surface area contributed by atoms with Gasteiger partial charge in [0.1, 0.15) is 0 Å². The first-order chi connectivity index (χ1) is 9.56. The predicted molar refractivity (Wildman–Crippen MR) is 79.4 cm³/mol. The minimum Gasteiger partial charge on any atom is -0.389 e. The number of amides is 1. The molecule has 2 rings (SSSR count). The van der Waals surface area contributed by atoms with Crippen molar-refractivity contribution in [2.45, 2.75) is 31.9 Å². The second kappa shape index (κ2) is 6.83. The standard InChI is InChI=1S/C15H23N3O2/c1-11(19)13-4-2-3-5-14(13)17-15(20)10-18-8-6-12(16)7-9-18/h2-5,11-12,19H,6-10,16H2,1H3,(H,17,20). The molecule has 1 aromatic rings. The van der Waals surface area contributed by atoms with Crippen LogP contribution >= 0.6 is 0 Å². The van der Waals surface area contributed by atoms with Gasteiger partial charge in [-0.05, 0) is 25.8 Å². The Kier molecular flexibility index (Phi) is 5.11. The molecule has 5 nitrogen and oxygen atoms in total. The van der Waals surface area contributed by atoms with Crippen LogP contribution in [0.1, 0.15) is 31.4 Å². The number of hydrogen-bond donors (Lipinski definition) is 3. The molecular formula is C15H23N3O2. The molecular weight excluding hydrogens is 254 g/mol. The third kappa shape index (κ3) is 4.03. The van der Waals surface area contributed by atoms with Crippen LogP contribution in [0.5, 0.6) is 0 Å². The SMILES string of the molecule is CC(O)c1ccccc1NC(=O)CN1CCC(N)CC1. The first kappa shape index (κ1) is 15.0. The highest BCUT2D eigenvalue weighted by Gasteiger charge is 2.18. The smallest absolute Gasteiger partial charge is 0.238 e. The van der Waals surface area contributed by atoms with E-state index < -0.39 is 6.10 Å². The van der Waals surface area contributed by atoms with E-state index in [1.807, 2.05) is 24.3 Å². The zero-order valence-corrected chi connectivity index (χ0v) is 11.9. The van der Waals surface area contributed by atoms with Gasteiger partial charge in [0.25, 0.3) is 0 Å². The topological polar surface area (TPSA) is 78.6 Å². The van der Waals surface area contributed by atoms with Crippen LogP contribution < -0.4 is 11.1 Å². The molecule has 20 heavy (non-hydrogen) atoms. The van der Waals surface area contributed by atoms with Gasteiger partial charge in [0.2, 0.25) is 5.91 Å². The Morgan fingerprint density at radius 3 is 2.75 bits per heavy atom. The van der Waals surface area contributed by atoms with Gasteiger partial charge in [-0.1, -0.05) is 18.2 Å². The molecule has 1 saturated heterocycles. The molecule has 1 aromatic carbocycles. The third-order valence-corrected chi connectivity index (χ3v) is 3.68. The van der Waals surface area contributed by atoms with Crippen LogP contribution in [0.25, 0.3) is 0 Å². The molecule has 0 aromatic heterocycles. The lowest BCUT2D eigenvalue weighted by Gasteiger charge is -2.29. The Morgan fingerprint density at radius 2 is 2.10 bits per heavy atom. The summed E-state index contributed by atoms with van der Waals surface area (Å²) in [6.45, 7) is 3.80. The number of nitrogens with one attached hydrogen (secondary N) is 1. The van der Waals surface area contributed by atoms with Crippen molar-refractivity contribution in [2.24, 2.45) is 5.73 Å². The Labute approximate surface area is 119 Å². The Hall–Kier alpha value is -1.43. The molecule has 1 aliphatic heterocycles. The first-order valence-electron chi connectivity index (χ1n) is 7.11. The van der Waals surface area contributed by atoms with E-state index in [-0.39, 0.29) is 11.9 Å². The Bertz CT molecular complexity index is 454. The fourth-order valence-electron chi connectivity index (χ4n) is 2.48. The van der Waals surface area contributed by atoms with Crippen molar-refractivity contribution in [3.63, 3.8) is 0 Å². The molecule has 0 spiro atoms. The fourth-order valence-corrected chi connectivity index (χ4v) is 2.48. The van der Waals surface area contributed by atoms with Crippen molar-refractivity contribution in [1.82, 2.24) is 4.90 Å². The highest BCUT2D eigenvalue weighted by atomic mass is 16.3. The van der Waals surface area contributed by atoms with Gasteiger partial charge in [-0.25, -0.2) is 0 Å². The Balaban J connectivity index is 1.91. The van der Waals surface area contributed by atoms with E-state index in [0.717, 1.165) is 31.5 Å². The molecule has 110 valence electrons. The van der Waals surface area contributed by atoms with Gasteiger partial charge in [0.15, 0.2) is 0 Å². The summed E-state index contributed by atoms with van der Waals surface area (Å²) in [7, 11) is 0. The van der Waals surface area contributed by atoms with E-state index in [0.29, 0.717) is 12.2 Å². The van der Waals surface area contributed by atoms with Gasteiger partial charge in [0.05, 0.1) is 12.6 Å². The normalized spacial score (nSPS) is 18.8. The van der Waals surface area contributed by atoms with Crippen LogP contribution in [0.2, 0.25) is 0 Å². The largest absolute Gasteiger partial charge is 0.389 e. The number of likely N-dealkylation sites (tertiary alicyclic amines) is 1. The molecule has 1 amide bonds. The van der Waals surface area contributed by atoms with Gasteiger partial charge in [-0.2, -0.15) is 0 Å². The van der Waals surface area contributed by atoms with E-state index in [9.17, 15) is 9.90 Å². The molecule has 0 aliphatic carbocycles. The van der Waals surface area contributed by atoms with Crippen LogP contribution in [0.15, 0.2) is 24.3 Å². The summed E-state index contributed by atoms with van der Waals surface area (Å²) in [5, 5.41) is 12.6. The van der Waals surface area contributed by atoms with Crippen LogP contribution in [0, 0.1) is 0 Å². The predicted octanol–water partition coefficient (Wildman–Crippen LogP) is 1.10. The van der Waals surface area contributed by atoms with E-state index >= 15 is 0 Å². The molecule has 4 N–H and O–H groups in total. The van der Waals surface area contributed by atoms with Crippen LogP contribution in [0.4, 0.5) is 5.69 Å². The summed E-state index contributed by atoms with van der Waals surface area (Å²) < 4.78 is 0. The van der Waals surface area contributed by atoms with E-state index in [4.69, 9.17) is 5.73 Å². The van der Waals surface area contributed by atoms with Crippen molar-refractivity contribution >= 4 is 11.6 Å². The molecule has 0 saturated carbocycles. The molecule has 1 heterocycles. The van der Waals surface area contributed by atoms with Gasteiger partial charge in [-0.3, -0.25) is 9.69 Å². The van der Waals surface area contributed by atoms with Gasteiger partial charge >= 0.3 is 0 Å². The number of aliphatic hydroxyl groups excluding tert-OH is 1. The monoisotopic (exact) mass is 277 g/mol. The van der Waals surface area contributed by atoms with Crippen molar-refractivity contribution < 1.29 is 9.90 Å². The molecule has 1 fully saturated rings. The van der Waals surface area contributed by atoms with E-state index in [1.165, 1.54) is 0 Å². The summed E-state index contributed by atoms with van der Waals surface area (Å²) in [5.41, 5.74) is 7.27. The van der Waals surface area contributed by atoms with Gasteiger partial charge < -0.3 is 16.2 Å². The van der Waals surface area contributed by atoms with Crippen LogP contribution in [-0.2, 0) is 4.79 Å². The summed E-state index contributed by atoms with van der Waals surface area (Å²) in [4.78, 5) is 14.2. The number of rotatable bonds is 4. The summed E-state index contributed by atoms with van der Waals surface area (Å²) in [6.07, 6.45) is 1.29. The summed E-state index contributed by atoms with van der Waals surface area (Å²) in [6, 6.07) is 7.60. The Morgan fingerprint density at radius 1 is 1.45 bits per heavy atom. The van der Waals surface area contributed by atoms with Gasteiger partial charge in [-0.15, -0.1) is 0 Å². The second-order valence-corrected chi connectivity index (χ2v) is 5.42. The zero-order chi connectivity index (χ0) is 14.5. The first-order valence-corrected chi connectivity index (χ1v) is 7.11. The third-order valence-electron chi connectivity index (χ3n) is 3.68. The molecule has 1 atom stereocenters. The number of nitrogens with zero attached hydrogens (tertiary/aromatic N) is 1. The number of carbonyl (C=O) groups excluding carboxylic acids is 1. The number of benzene rings is 1. The average Bonchev–Trinajstić information content (AvgIpc) is 2.41. The number of para-hydroxylation sites is 1. The fraction of sp³-hybridized carbons (Fsp3) is 0.533. The van der Waals surface area contributed by atoms with E-state index in [1.54, 1.807) is 6.92 Å². The van der Waals surface area contributed by atoms with E-state index in [2.05, 4.69) is 10.2 Å². The second-order valence-electron chi connectivity index (χ2n) is 5.42. The maximum atomic E-state index is 12.1. The average molecular weight is 277 g/mol. The van der Waals surface area contributed by atoms with Crippen molar-refractivity contribution in [1.29, 1.82) is 0 Å². The lowest BCUT2D eigenvalue weighted by Crippen LogP contribution is -2.43. The van der Waals surface area contributed by atoms with Crippen molar-refractivity contribution in [2.75, 3.05) is 25.0 Å². The number of nitrogens with two attached hydrogens (primary N) is 1. The van der Waals surface area contributed by atoms with Crippen molar-refractivity contribution in [3.05, 3.63) is 29.8 Å². The number of hydrogen-bond acceptors (Lipinski definition) is 4. The molecule has 1 aliphatic rings. The highest BCUT2D eigenvalue weighted by Crippen LogP contribution is 2.22. The molecule has 1 unspecified atom stereocenters. The number of piperidine rings is 1. The van der Waals surface area contributed by atoms with Gasteiger partial charge in [0, 0.05) is 30.4 Å². The molecule has 0 radical (unpaired) electrons. The summed E-state index contributed by atoms with van der Waals surface area (Å²) in [5.74, 6) is -0.0476. The van der Waals surface area contributed by atoms with Crippen molar-refractivity contribution in [3.8, 4) is 0 Å². The maximum Gasteiger partial charge on any atom is 0.238 e. The minimum atomic E-state index is -0.598. The van der Waals surface area contributed by atoms with Crippen LogP contribution in [0.3, 0.4) is 0 Å². The molecule has 0 bridgehead atoms. The molecule has 5 heteroatoms. The minimum absolute atomic E-state index is 0.0476.